The van der Waals surface area contributed by atoms with E-state index in [1.807, 2.05) is 6.21 Å². The van der Waals surface area contributed by atoms with Crippen molar-refractivity contribution in [1.82, 2.24) is 10.7 Å². The van der Waals surface area contributed by atoms with E-state index in [1.54, 1.807) is 0 Å². The third-order valence-electron chi connectivity index (χ3n) is 3.28. The minimum Gasteiger partial charge on any atom is -0.376 e. The molecule has 5 heteroatoms. The summed E-state index contributed by atoms with van der Waals surface area (Å²) in [5, 5.41) is 7.89. The molecule has 0 amide bonds. The number of allylic oxidation sites excluding steroid dienone is 2. The number of hydrogen-bond donors (Lipinski definition) is 2. The van der Waals surface area contributed by atoms with Gasteiger partial charge in [0.15, 0.2) is 5.11 Å². The summed E-state index contributed by atoms with van der Waals surface area (Å²) in [5.41, 5.74) is 2.86. The molecule has 2 rings (SSSR count). The van der Waals surface area contributed by atoms with Gasteiger partial charge in [-0.15, -0.1) is 0 Å². The Balaban J connectivity index is 1.58. The molecule has 0 unspecified atom stereocenters. The molecule has 18 heavy (non-hydrogen) atoms. The van der Waals surface area contributed by atoms with Gasteiger partial charge in [-0.3, -0.25) is 5.43 Å². The summed E-state index contributed by atoms with van der Waals surface area (Å²) in [6, 6.07) is 0. The lowest BCUT2D eigenvalue weighted by atomic mass is 9.96. The van der Waals surface area contributed by atoms with Crippen molar-refractivity contribution < 1.29 is 4.74 Å². The molecule has 2 N–H and O–H groups in total. The van der Waals surface area contributed by atoms with Crippen LogP contribution in [0.2, 0.25) is 0 Å². The molecule has 0 saturated carbocycles. The summed E-state index contributed by atoms with van der Waals surface area (Å²) >= 11 is 5.15. The molecule has 0 aromatic rings. The van der Waals surface area contributed by atoms with E-state index in [2.05, 4.69) is 28.0 Å². The fraction of sp³-hybridized carbons (Fsp3) is 0.692. The van der Waals surface area contributed by atoms with Crippen molar-refractivity contribution >= 4 is 23.5 Å². The highest BCUT2D eigenvalue weighted by atomic mass is 32.1. The first-order valence-electron chi connectivity index (χ1n) is 6.68. The van der Waals surface area contributed by atoms with Gasteiger partial charge in [0.05, 0.1) is 6.10 Å². The zero-order chi connectivity index (χ0) is 12.6. The van der Waals surface area contributed by atoms with Gasteiger partial charge in [0.1, 0.15) is 0 Å². The molecule has 100 valence electrons. The summed E-state index contributed by atoms with van der Waals surface area (Å²) in [7, 11) is 0. The number of thiocarbonyl (C=S) groups is 1. The molecule has 1 aliphatic carbocycles. The largest absolute Gasteiger partial charge is 0.376 e. The van der Waals surface area contributed by atoms with Crippen LogP contribution in [0.5, 0.6) is 0 Å². The summed E-state index contributed by atoms with van der Waals surface area (Å²) in [5.74, 6) is 0.545. The second-order valence-corrected chi connectivity index (χ2v) is 5.19. The maximum Gasteiger partial charge on any atom is 0.187 e. The van der Waals surface area contributed by atoms with Crippen molar-refractivity contribution in [3.05, 3.63) is 12.2 Å². The quantitative estimate of drug-likeness (QED) is 0.354. The van der Waals surface area contributed by atoms with Crippen LogP contribution < -0.4 is 10.7 Å². The number of ether oxygens (including phenoxy) is 1. The number of nitrogens with one attached hydrogen (secondary N) is 2. The Morgan fingerprint density at radius 1 is 1.44 bits per heavy atom. The lowest BCUT2D eigenvalue weighted by Gasteiger charge is -2.13. The number of hydrogen-bond acceptors (Lipinski definition) is 3. The average Bonchev–Trinajstić information content (AvgIpc) is 2.91. The van der Waals surface area contributed by atoms with Crippen LogP contribution in [0.15, 0.2) is 17.3 Å². The van der Waals surface area contributed by atoms with E-state index >= 15 is 0 Å². The SMILES string of the molecule is S=C(NC[C@@H]1CCCO1)N/N=C\[C@H]1CC=CCC1. The van der Waals surface area contributed by atoms with Gasteiger partial charge in [0.25, 0.3) is 0 Å². The van der Waals surface area contributed by atoms with Crippen LogP contribution in [0.1, 0.15) is 32.1 Å². The monoisotopic (exact) mass is 267 g/mol. The topological polar surface area (TPSA) is 45.6 Å². The summed E-state index contributed by atoms with van der Waals surface area (Å²) in [6.45, 7) is 1.65. The molecule has 0 radical (unpaired) electrons. The smallest absolute Gasteiger partial charge is 0.187 e. The standard InChI is InChI=1S/C13H21N3OS/c18-13(14-10-12-7-4-8-17-12)16-15-9-11-5-2-1-3-6-11/h1-2,9,11-12H,3-8,10H2,(H2,14,16,18)/b15-9-/t11-,12-/m0/s1. The van der Waals surface area contributed by atoms with Crippen LogP contribution in [-0.2, 0) is 4.74 Å². The highest BCUT2D eigenvalue weighted by Crippen LogP contribution is 2.15. The highest BCUT2D eigenvalue weighted by molar-refractivity contribution is 7.80. The zero-order valence-corrected chi connectivity index (χ0v) is 11.4. The lowest BCUT2D eigenvalue weighted by molar-refractivity contribution is 0.114. The minimum atomic E-state index is 0.303. The summed E-state index contributed by atoms with van der Waals surface area (Å²) in [6.07, 6.45) is 12.4. The maximum absolute atomic E-state index is 5.51. The Morgan fingerprint density at radius 2 is 2.39 bits per heavy atom. The van der Waals surface area contributed by atoms with Crippen LogP contribution in [-0.4, -0.2) is 30.6 Å². The van der Waals surface area contributed by atoms with Crippen LogP contribution in [0, 0.1) is 5.92 Å². The van der Waals surface area contributed by atoms with Gasteiger partial charge < -0.3 is 10.1 Å². The van der Waals surface area contributed by atoms with Crippen molar-refractivity contribution in [1.29, 1.82) is 0 Å². The van der Waals surface area contributed by atoms with E-state index in [-0.39, 0.29) is 0 Å². The molecule has 2 atom stereocenters. The Kier molecular flexibility index (Phi) is 5.61. The average molecular weight is 267 g/mol. The van der Waals surface area contributed by atoms with E-state index in [1.165, 1.54) is 6.42 Å². The molecule has 0 bridgehead atoms. The van der Waals surface area contributed by atoms with Crippen LogP contribution >= 0.6 is 12.2 Å². The number of nitrogens with zero attached hydrogens (tertiary/aromatic N) is 1. The minimum absolute atomic E-state index is 0.303. The molecule has 0 aromatic carbocycles. The molecule has 2 aliphatic rings. The van der Waals surface area contributed by atoms with E-state index in [9.17, 15) is 0 Å². The number of hydrazone groups is 1. The Labute approximate surface area is 114 Å². The van der Waals surface area contributed by atoms with Gasteiger partial charge in [-0.05, 0) is 50.2 Å². The second-order valence-electron chi connectivity index (χ2n) is 4.78. The molecular weight excluding hydrogens is 246 g/mol. The van der Waals surface area contributed by atoms with Gasteiger partial charge in [0, 0.05) is 19.4 Å². The molecule has 4 nitrogen and oxygen atoms in total. The van der Waals surface area contributed by atoms with E-state index in [0.717, 1.165) is 38.8 Å². The molecule has 1 aliphatic heterocycles. The molecule has 0 spiro atoms. The van der Waals surface area contributed by atoms with E-state index in [0.29, 0.717) is 17.1 Å². The predicted octanol–water partition coefficient (Wildman–Crippen LogP) is 1.97. The van der Waals surface area contributed by atoms with Gasteiger partial charge in [-0.25, -0.2) is 0 Å². The first-order valence-corrected chi connectivity index (χ1v) is 7.09. The van der Waals surface area contributed by atoms with Crippen molar-refractivity contribution in [3.63, 3.8) is 0 Å². The predicted molar refractivity (Wildman–Crippen MR) is 77.7 cm³/mol. The molecule has 0 aromatic heterocycles. The van der Waals surface area contributed by atoms with Gasteiger partial charge in [-0.2, -0.15) is 5.10 Å². The third kappa shape index (κ3) is 4.74. The second kappa shape index (κ2) is 7.48. The van der Waals surface area contributed by atoms with E-state index in [4.69, 9.17) is 17.0 Å². The van der Waals surface area contributed by atoms with Gasteiger partial charge in [0.2, 0.25) is 0 Å². The number of rotatable bonds is 4. The van der Waals surface area contributed by atoms with Crippen LogP contribution in [0.3, 0.4) is 0 Å². The fourth-order valence-electron chi connectivity index (χ4n) is 2.21. The van der Waals surface area contributed by atoms with Crippen molar-refractivity contribution in [3.8, 4) is 0 Å². The normalized spacial score (nSPS) is 27.6. The van der Waals surface area contributed by atoms with Crippen molar-refractivity contribution in [2.45, 2.75) is 38.2 Å². The van der Waals surface area contributed by atoms with Crippen LogP contribution in [0.4, 0.5) is 0 Å². The Morgan fingerprint density at radius 3 is 3.11 bits per heavy atom. The molecule has 1 heterocycles. The Bertz CT molecular complexity index is 324. The lowest BCUT2D eigenvalue weighted by Crippen LogP contribution is -2.37. The maximum atomic E-state index is 5.51. The Hall–Kier alpha value is -0.940. The van der Waals surface area contributed by atoms with Gasteiger partial charge in [-0.1, -0.05) is 12.2 Å². The molecular formula is C13H21N3OS. The third-order valence-corrected chi connectivity index (χ3v) is 3.51. The van der Waals surface area contributed by atoms with Crippen LogP contribution in [0.25, 0.3) is 0 Å². The highest BCUT2D eigenvalue weighted by Gasteiger charge is 2.15. The van der Waals surface area contributed by atoms with E-state index < -0.39 is 0 Å². The van der Waals surface area contributed by atoms with Crippen molar-refractivity contribution in [2.24, 2.45) is 11.0 Å². The molecule has 1 saturated heterocycles. The van der Waals surface area contributed by atoms with Crippen molar-refractivity contribution in [2.75, 3.05) is 13.2 Å². The first kappa shape index (κ1) is 13.5. The zero-order valence-electron chi connectivity index (χ0n) is 10.6. The fourth-order valence-corrected chi connectivity index (χ4v) is 2.34. The van der Waals surface area contributed by atoms with Gasteiger partial charge >= 0.3 is 0 Å². The summed E-state index contributed by atoms with van der Waals surface area (Å²) < 4.78 is 5.51. The summed E-state index contributed by atoms with van der Waals surface area (Å²) in [4.78, 5) is 0. The first-order chi connectivity index (χ1) is 8.84. The molecule has 1 fully saturated rings.